The standard InChI is InChI=1S/C20H17N3O5S2/c24-29(25,22-14-16-6-4-12-28-16)17-7-1-5-15(13-17)23-30(26,27)20-10-2-9-19-18(20)8-3-11-21-19/h1-13,22-23H,14H2. The van der Waals surface area contributed by atoms with Gasteiger partial charge in [0.2, 0.25) is 10.0 Å². The predicted molar refractivity (Wildman–Crippen MR) is 112 cm³/mol. The van der Waals surface area contributed by atoms with Crippen molar-refractivity contribution in [2.45, 2.75) is 16.3 Å². The molecule has 4 aromatic rings. The van der Waals surface area contributed by atoms with Crippen LogP contribution in [0.4, 0.5) is 5.69 Å². The van der Waals surface area contributed by atoms with Crippen LogP contribution >= 0.6 is 0 Å². The van der Waals surface area contributed by atoms with Crippen molar-refractivity contribution in [1.82, 2.24) is 9.71 Å². The first-order valence-corrected chi connectivity index (χ1v) is 11.8. The molecule has 0 saturated carbocycles. The van der Waals surface area contributed by atoms with Gasteiger partial charge >= 0.3 is 0 Å². The SMILES string of the molecule is O=S(=O)(NCc1ccco1)c1cccc(NS(=O)(=O)c2cccc3ncccc23)c1. The van der Waals surface area contributed by atoms with E-state index in [1.807, 2.05) is 0 Å². The number of aromatic nitrogens is 1. The molecule has 4 rings (SSSR count). The molecule has 154 valence electrons. The Hall–Kier alpha value is -3.21. The number of hydrogen-bond donors (Lipinski definition) is 2. The predicted octanol–water partition coefficient (Wildman–Crippen LogP) is 3.11. The van der Waals surface area contributed by atoms with Crippen LogP contribution < -0.4 is 9.44 Å². The third-order valence-electron chi connectivity index (χ3n) is 4.31. The summed E-state index contributed by atoms with van der Waals surface area (Å²) >= 11 is 0. The van der Waals surface area contributed by atoms with Gasteiger partial charge in [-0.2, -0.15) is 0 Å². The summed E-state index contributed by atoms with van der Waals surface area (Å²) in [6, 6.07) is 17.0. The van der Waals surface area contributed by atoms with Crippen LogP contribution in [0.3, 0.4) is 0 Å². The van der Waals surface area contributed by atoms with Gasteiger partial charge in [-0.15, -0.1) is 0 Å². The zero-order valence-electron chi connectivity index (χ0n) is 15.5. The van der Waals surface area contributed by atoms with Crippen molar-refractivity contribution in [2.24, 2.45) is 0 Å². The van der Waals surface area contributed by atoms with E-state index in [2.05, 4.69) is 14.4 Å². The van der Waals surface area contributed by atoms with Gasteiger partial charge in [0.05, 0.1) is 33.8 Å². The van der Waals surface area contributed by atoms with E-state index in [9.17, 15) is 16.8 Å². The Bertz CT molecular complexity index is 1390. The average molecular weight is 444 g/mol. The summed E-state index contributed by atoms with van der Waals surface area (Å²) in [6.07, 6.45) is 3.03. The summed E-state index contributed by atoms with van der Waals surface area (Å²) < 4.78 is 61.0. The zero-order valence-corrected chi connectivity index (χ0v) is 17.2. The van der Waals surface area contributed by atoms with Crippen LogP contribution in [0.2, 0.25) is 0 Å². The molecule has 0 amide bonds. The molecule has 0 radical (unpaired) electrons. The van der Waals surface area contributed by atoms with Crippen molar-refractivity contribution in [3.63, 3.8) is 0 Å². The van der Waals surface area contributed by atoms with Gasteiger partial charge in [0.15, 0.2) is 0 Å². The third-order valence-corrected chi connectivity index (χ3v) is 7.15. The van der Waals surface area contributed by atoms with E-state index >= 15 is 0 Å². The van der Waals surface area contributed by atoms with E-state index in [1.165, 1.54) is 36.6 Å². The second-order valence-electron chi connectivity index (χ2n) is 6.36. The fraction of sp³-hybridized carbons (Fsp3) is 0.0500. The second-order valence-corrected chi connectivity index (χ2v) is 9.78. The van der Waals surface area contributed by atoms with Crippen molar-refractivity contribution in [3.05, 3.63) is 85.0 Å². The topological polar surface area (TPSA) is 118 Å². The lowest BCUT2D eigenvalue weighted by molar-refractivity contribution is 0.498. The Kier molecular flexibility index (Phi) is 5.29. The largest absolute Gasteiger partial charge is 0.468 e. The van der Waals surface area contributed by atoms with Crippen LogP contribution in [-0.2, 0) is 26.6 Å². The number of nitrogens with one attached hydrogen (secondary N) is 2. The third kappa shape index (κ3) is 4.20. The van der Waals surface area contributed by atoms with Gasteiger partial charge in [0.25, 0.3) is 10.0 Å². The second kappa shape index (κ2) is 7.90. The van der Waals surface area contributed by atoms with Crippen LogP contribution in [0, 0.1) is 0 Å². The normalized spacial score (nSPS) is 12.1. The first-order valence-electron chi connectivity index (χ1n) is 8.84. The first kappa shape index (κ1) is 20.1. The molecule has 10 heteroatoms. The van der Waals surface area contributed by atoms with Gasteiger partial charge in [-0.25, -0.2) is 21.6 Å². The molecule has 0 aliphatic carbocycles. The van der Waals surface area contributed by atoms with Crippen molar-refractivity contribution in [2.75, 3.05) is 4.72 Å². The van der Waals surface area contributed by atoms with E-state index in [1.54, 1.807) is 42.6 Å². The molecule has 0 saturated heterocycles. The van der Waals surface area contributed by atoms with E-state index in [-0.39, 0.29) is 22.0 Å². The molecular formula is C20H17N3O5S2. The summed E-state index contributed by atoms with van der Waals surface area (Å²) in [5, 5.41) is 0.469. The molecule has 0 bridgehead atoms. The highest BCUT2D eigenvalue weighted by atomic mass is 32.2. The number of hydrogen-bond acceptors (Lipinski definition) is 6. The molecule has 2 heterocycles. The monoisotopic (exact) mass is 443 g/mol. The van der Waals surface area contributed by atoms with Crippen molar-refractivity contribution in [1.29, 1.82) is 0 Å². The molecule has 30 heavy (non-hydrogen) atoms. The minimum atomic E-state index is -3.97. The number of benzene rings is 2. The van der Waals surface area contributed by atoms with Crippen LogP contribution in [0.5, 0.6) is 0 Å². The van der Waals surface area contributed by atoms with Gasteiger partial charge in [-0.1, -0.05) is 12.1 Å². The highest BCUT2D eigenvalue weighted by Gasteiger charge is 2.20. The van der Waals surface area contributed by atoms with Crippen LogP contribution in [0.25, 0.3) is 10.9 Å². The Morgan fingerprint density at radius 2 is 1.70 bits per heavy atom. The molecular weight excluding hydrogens is 426 g/mol. The summed E-state index contributed by atoms with van der Waals surface area (Å²) in [5.41, 5.74) is 0.663. The minimum absolute atomic E-state index is 0.0196. The number of furan rings is 1. The number of rotatable bonds is 7. The van der Waals surface area contributed by atoms with E-state index < -0.39 is 20.0 Å². The Balaban J connectivity index is 1.61. The maximum Gasteiger partial charge on any atom is 0.262 e. The van der Waals surface area contributed by atoms with Crippen molar-refractivity contribution < 1.29 is 21.3 Å². The van der Waals surface area contributed by atoms with Gasteiger partial charge in [0, 0.05) is 11.6 Å². The zero-order chi connectivity index (χ0) is 21.2. The van der Waals surface area contributed by atoms with Gasteiger partial charge in [0.1, 0.15) is 5.76 Å². The van der Waals surface area contributed by atoms with Gasteiger partial charge in [-0.3, -0.25) is 9.71 Å². The molecule has 2 N–H and O–H groups in total. The summed E-state index contributed by atoms with van der Waals surface area (Å²) in [5.74, 6) is 0.458. The highest BCUT2D eigenvalue weighted by Crippen LogP contribution is 2.25. The van der Waals surface area contributed by atoms with E-state index in [0.29, 0.717) is 16.7 Å². The maximum absolute atomic E-state index is 12.9. The number of anilines is 1. The summed E-state index contributed by atoms with van der Waals surface area (Å²) in [4.78, 5) is 4.14. The number of pyridine rings is 1. The smallest absolute Gasteiger partial charge is 0.262 e. The maximum atomic E-state index is 12.9. The summed E-state index contributed by atoms with van der Waals surface area (Å²) in [6.45, 7) is -0.0196. The molecule has 0 fully saturated rings. The first-order chi connectivity index (χ1) is 14.4. The highest BCUT2D eigenvalue weighted by molar-refractivity contribution is 7.93. The molecule has 2 aromatic carbocycles. The molecule has 0 aliphatic rings. The lowest BCUT2D eigenvalue weighted by Gasteiger charge is -2.12. The molecule has 2 aromatic heterocycles. The van der Waals surface area contributed by atoms with Crippen LogP contribution in [0.15, 0.2) is 93.4 Å². The molecule has 0 atom stereocenters. The molecule has 0 spiro atoms. The van der Waals surface area contributed by atoms with E-state index in [0.717, 1.165) is 0 Å². The van der Waals surface area contributed by atoms with Crippen LogP contribution in [0.1, 0.15) is 5.76 Å². The average Bonchev–Trinajstić information content (AvgIpc) is 3.26. The Morgan fingerprint density at radius 1 is 0.867 bits per heavy atom. The fourth-order valence-corrected chi connectivity index (χ4v) is 5.21. The van der Waals surface area contributed by atoms with Crippen LogP contribution in [-0.4, -0.2) is 21.8 Å². The van der Waals surface area contributed by atoms with E-state index in [4.69, 9.17) is 4.42 Å². The van der Waals surface area contributed by atoms with Gasteiger partial charge < -0.3 is 4.42 Å². The van der Waals surface area contributed by atoms with Crippen molar-refractivity contribution in [3.8, 4) is 0 Å². The minimum Gasteiger partial charge on any atom is -0.468 e. The Labute approximate surface area is 173 Å². The number of nitrogens with zero attached hydrogens (tertiary/aromatic N) is 1. The van der Waals surface area contributed by atoms with Gasteiger partial charge in [-0.05, 0) is 54.6 Å². The molecule has 0 aliphatic heterocycles. The number of fused-ring (bicyclic) bond motifs is 1. The lowest BCUT2D eigenvalue weighted by Crippen LogP contribution is -2.23. The summed E-state index contributed by atoms with van der Waals surface area (Å²) in [7, 11) is -7.84. The molecule has 0 unspecified atom stereocenters. The molecule has 8 nitrogen and oxygen atoms in total. The quantitative estimate of drug-likeness (QED) is 0.453. The van der Waals surface area contributed by atoms with Crippen molar-refractivity contribution >= 4 is 36.6 Å². The lowest BCUT2D eigenvalue weighted by atomic mass is 10.2. The fourth-order valence-electron chi connectivity index (χ4n) is 2.91. The Morgan fingerprint density at radius 3 is 2.50 bits per heavy atom. The number of sulfonamides is 2.